The van der Waals surface area contributed by atoms with Gasteiger partial charge in [0, 0.05) is 5.92 Å². The fourth-order valence-corrected chi connectivity index (χ4v) is 1.25. The molecule has 0 aliphatic heterocycles. The molecular formula is C7H8N4O2. The first kappa shape index (κ1) is 7.90. The molecule has 1 heterocycles. The molecular weight excluding hydrogens is 172 g/mol. The normalized spacial score (nSPS) is 15.7. The quantitative estimate of drug-likeness (QED) is 0.537. The molecule has 6 heteroatoms. The summed E-state index contributed by atoms with van der Waals surface area (Å²) in [5.74, 6) is 0.174. The Balaban J connectivity index is 2.53. The third-order valence-electron chi connectivity index (χ3n) is 2.03. The third kappa shape index (κ3) is 1.30. The van der Waals surface area contributed by atoms with Crippen LogP contribution in [0.15, 0.2) is 6.33 Å². The molecule has 1 aliphatic carbocycles. The topological polar surface area (TPSA) is 94.9 Å². The van der Waals surface area contributed by atoms with Gasteiger partial charge in [0.2, 0.25) is 5.82 Å². The highest BCUT2D eigenvalue weighted by atomic mass is 16.6. The van der Waals surface area contributed by atoms with Crippen LogP contribution in [-0.2, 0) is 0 Å². The molecule has 0 saturated heterocycles. The van der Waals surface area contributed by atoms with Crippen LogP contribution in [0.3, 0.4) is 0 Å². The molecule has 0 radical (unpaired) electrons. The number of hydrogen-bond acceptors (Lipinski definition) is 5. The predicted molar refractivity (Wildman–Crippen MR) is 45.1 cm³/mol. The average Bonchev–Trinajstić information content (AvgIpc) is 2.85. The fraction of sp³-hybridized carbons (Fsp3) is 0.429. The van der Waals surface area contributed by atoms with E-state index in [1.807, 2.05) is 0 Å². The summed E-state index contributed by atoms with van der Waals surface area (Å²) < 4.78 is 0. The Labute approximate surface area is 74.0 Å². The summed E-state index contributed by atoms with van der Waals surface area (Å²) in [4.78, 5) is 17.6. The van der Waals surface area contributed by atoms with Crippen molar-refractivity contribution in [2.24, 2.45) is 0 Å². The summed E-state index contributed by atoms with van der Waals surface area (Å²) in [5.41, 5.74) is 5.76. The SMILES string of the molecule is Nc1ncnc(C2CC2)c1[N+](=O)[O-]. The smallest absolute Gasteiger partial charge is 0.332 e. The zero-order valence-electron chi connectivity index (χ0n) is 6.80. The summed E-state index contributed by atoms with van der Waals surface area (Å²) in [6, 6.07) is 0. The van der Waals surface area contributed by atoms with Crippen LogP contribution in [-0.4, -0.2) is 14.9 Å². The Morgan fingerprint density at radius 3 is 2.77 bits per heavy atom. The maximum Gasteiger partial charge on any atom is 0.332 e. The lowest BCUT2D eigenvalue weighted by Gasteiger charge is -2.00. The molecule has 0 bridgehead atoms. The van der Waals surface area contributed by atoms with Crippen LogP contribution in [0.2, 0.25) is 0 Å². The van der Waals surface area contributed by atoms with Gasteiger partial charge in [-0.15, -0.1) is 0 Å². The van der Waals surface area contributed by atoms with E-state index in [2.05, 4.69) is 9.97 Å². The van der Waals surface area contributed by atoms with Crippen molar-refractivity contribution in [3.05, 3.63) is 22.1 Å². The Kier molecular flexibility index (Phi) is 1.61. The summed E-state index contributed by atoms with van der Waals surface area (Å²) in [7, 11) is 0. The number of nitrogen functional groups attached to an aromatic ring is 1. The second-order valence-electron chi connectivity index (χ2n) is 3.02. The molecule has 0 aromatic carbocycles. The molecule has 1 aromatic heterocycles. The van der Waals surface area contributed by atoms with Crippen molar-refractivity contribution in [1.82, 2.24) is 9.97 Å². The second kappa shape index (κ2) is 2.65. The van der Waals surface area contributed by atoms with Gasteiger partial charge in [-0.2, -0.15) is 0 Å². The van der Waals surface area contributed by atoms with Gasteiger partial charge in [-0.3, -0.25) is 10.1 Å². The van der Waals surface area contributed by atoms with Crippen LogP contribution < -0.4 is 5.73 Å². The maximum atomic E-state index is 10.6. The Morgan fingerprint density at radius 1 is 1.54 bits per heavy atom. The van der Waals surface area contributed by atoms with E-state index in [9.17, 15) is 10.1 Å². The van der Waals surface area contributed by atoms with Gasteiger partial charge in [0.15, 0.2) is 0 Å². The van der Waals surface area contributed by atoms with E-state index >= 15 is 0 Å². The maximum absolute atomic E-state index is 10.6. The van der Waals surface area contributed by atoms with Crippen molar-refractivity contribution in [2.75, 3.05) is 5.73 Å². The standard InChI is InChI=1S/C7H8N4O2/c8-7-6(11(12)13)5(4-1-2-4)9-3-10-7/h3-4H,1-2H2,(H2,8,9,10). The number of anilines is 1. The van der Waals surface area contributed by atoms with E-state index in [0.717, 1.165) is 12.8 Å². The number of aromatic nitrogens is 2. The van der Waals surface area contributed by atoms with Crippen molar-refractivity contribution in [3.8, 4) is 0 Å². The largest absolute Gasteiger partial charge is 0.378 e. The first-order chi connectivity index (χ1) is 6.20. The predicted octanol–water partition coefficient (Wildman–Crippen LogP) is 0.844. The van der Waals surface area contributed by atoms with Crippen molar-refractivity contribution >= 4 is 11.5 Å². The van der Waals surface area contributed by atoms with Crippen molar-refractivity contribution < 1.29 is 4.92 Å². The molecule has 0 atom stereocenters. The molecule has 0 amide bonds. The summed E-state index contributed by atoms with van der Waals surface area (Å²) in [6.45, 7) is 0. The van der Waals surface area contributed by atoms with Gasteiger partial charge in [0.05, 0.1) is 4.92 Å². The van der Waals surface area contributed by atoms with E-state index in [1.165, 1.54) is 6.33 Å². The molecule has 1 aromatic rings. The van der Waals surface area contributed by atoms with Gasteiger partial charge < -0.3 is 5.73 Å². The molecule has 68 valence electrons. The number of nitrogens with two attached hydrogens (primary N) is 1. The monoisotopic (exact) mass is 180 g/mol. The zero-order chi connectivity index (χ0) is 9.42. The number of rotatable bonds is 2. The van der Waals surface area contributed by atoms with Crippen LogP contribution in [0.5, 0.6) is 0 Å². The van der Waals surface area contributed by atoms with Crippen LogP contribution in [0.4, 0.5) is 11.5 Å². The summed E-state index contributed by atoms with van der Waals surface area (Å²) >= 11 is 0. The molecule has 0 unspecified atom stereocenters. The highest BCUT2D eigenvalue weighted by molar-refractivity contribution is 5.56. The fourth-order valence-electron chi connectivity index (χ4n) is 1.25. The zero-order valence-corrected chi connectivity index (χ0v) is 6.80. The third-order valence-corrected chi connectivity index (χ3v) is 2.03. The van der Waals surface area contributed by atoms with E-state index < -0.39 is 4.92 Å². The molecule has 1 aliphatic rings. The average molecular weight is 180 g/mol. The Hall–Kier alpha value is -1.72. The van der Waals surface area contributed by atoms with Gasteiger partial charge >= 0.3 is 5.69 Å². The van der Waals surface area contributed by atoms with Crippen LogP contribution >= 0.6 is 0 Å². The molecule has 6 nitrogen and oxygen atoms in total. The minimum atomic E-state index is -0.511. The van der Waals surface area contributed by atoms with Crippen molar-refractivity contribution in [1.29, 1.82) is 0 Å². The lowest BCUT2D eigenvalue weighted by atomic mass is 10.2. The minimum absolute atomic E-state index is 0.0399. The Bertz CT molecular complexity index is 362. The molecule has 2 rings (SSSR count). The van der Waals surface area contributed by atoms with Crippen molar-refractivity contribution in [2.45, 2.75) is 18.8 Å². The molecule has 1 saturated carbocycles. The van der Waals surface area contributed by atoms with Gasteiger partial charge in [-0.1, -0.05) is 0 Å². The van der Waals surface area contributed by atoms with Gasteiger partial charge in [-0.05, 0) is 12.8 Å². The van der Waals surface area contributed by atoms with Crippen molar-refractivity contribution in [3.63, 3.8) is 0 Å². The van der Waals surface area contributed by atoms with E-state index in [4.69, 9.17) is 5.73 Å². The Morgan fingerprint density at radius 2 is 2.23 bits per heavy atom. The number of nitro groups is 1. The number of nitrogens with zero attached hydrogens (tertiary/aromatic N) is 3. The van der Waals surface area contributed by atoms with Gasteiger partial charge in [0.25, 0.3) is 0 Å². The lowest BCUT2D eigenvalue weighted by molar-refractivity contribution is -0.385. The second-order valence-corrected chi connectivity index (χ2v) is 3.02. The first-order valence-corrected chi connectivity index (χ1v) is 3.95. The van der Waals surface area contributed by atoms with Crippen LogP contribution in [0.25, 0.3) is 0 Å². The van der Waals surface area contributed by atoms with E-state index in [1.54, 1.807) is 0 Å². The number of hydrogen-bond donors (Lipinski definition) is 1. The molecule has 2 N–H and O–H groups in total. The highest BCUT2D eigenvalue weighted by Crippen LogP contribution is 2.43. The highest BCUT2D eigenvalue weighted by Gasteiger charge is 2.34. The minimum Gasteiger partial charge on any atom is -0.378 e. The molecule has 13 heavy (non-hydrogen) atoms. The first-order valence-electron chi connectivity index (χ1n) is 3.95. The van der Waals surface area contributed by atoms with Crippen LogP contribution in [0, 0.1) is 10.1 Å². The summed E-state index contributed by atoms with van der Waals surface area (Å²) in [6.07, 6.45) is 3.19. The molecule has 1 fully saturated rings. The summed E-state index contributed by atoms with van der Waals surface area (Å²) in [5, 5.41) is 10.6. The van der Waals surface area contributed by atoms with E-state index in [-0.39, 0.29) is 17.4 Å². The molecule has 0 spiro atoms. The van der Waals surface area contributed by atoms with Gasteiger partial charge in [-0.25, -0.2) is 9.97 Å². The van der Waals surface area contributed by atoms with E-state index in [0.29, 0.717) is 5.69 Å². The van der Waals surface area contributed by atoms with Gasteiger partial charge in [0.1, 0.15) is 12.0 Å². The van der Waals surface area contributed by atoms with Crippen LogP contribution in [0.1, 0.15) is 24.5 Å². The lowest BCUT2D eigenvalue weighted by Crippen LogP contribution is -2.03.